The minimum absolute atomic E-state index is 0.125. The molecule has 36 heavy (non-hydrogen) atoms. The van der Waals surface area contributed by atoms with Gasteiger partial charge in [0.25, 0.3) is 0 Å². The zero-order chi connectivity index (χ0) is 26.7. The Kier molecular flexibility index (Phi) is 11.6. The third-order valence-electron chi connectivity index (χ3n) is 5.06. The lowest BCUT2D eigenvalue weighted by Crippen LogP contribution is -2.32. The first-order valence-corrected chi connectivity index (χ1v) is 12.2. The van der Waals surface area contributed by atoms with Crippen LogP contribution in [0.5, 0.6) is 0 Å². The van der Waals surface area contributed by atoms with Crippen LogP contribution in [0.25, 0.3) is 0 Å². The van der Waals surface area contributed by atoms with E-state index in [1.54, 1.807) is 6.92 Å². The molecule has 0 bridgehead atoms. The molecule has 198 valence electrons. The van der Waals surface area contributed by atoms with Crippen LogP contribution >= 0.6 is 0 Å². The highest BCUT2D eigenvalue weighted by molar-refractivity contribution is 6.02. The van der Waals surface area contributed by atoms with Gasteiger partial charge in [-0.05, 0) is 55.0 Å². The maximum atomic E-state index is 14.0. The number of carbonyl (C=O) groups excluding carboxylic acids is 2. The van der Waals surface area contributed by atoms with Crippen molar-refractivity contribution >= 4 is 29.1 Å². The number of carbonyl (C=O) groups is 2. The van der Waals surface area contributed by atoms with Crippen LogP contribution in [0.15, 0.2) is 36.4 Å². The number of rotatable bonds is 13. The Bertz CT molecular complexity index is 1000. The summed E-state index contributed by atoms with van der Waals surface area (Å²) in [6.07, 6.45) is 0.511. The first-order chi connectivity index (χ1) is 17.1. The average Bonchev–Trinajstić information content (AvgIpc) is 2.78. The summed E-state index contributed by atoms with van der Waals surface area (Å²) in [5.74, 6) is -1.24. The number of nitrogens with one attached hydrogen (secondary N) is 2. The van der Waals surface area contributed by atoms with Crippen LogP contribution in [0.1, 0.15) is 40.2 Å². The van der Waals surface area contributed by atoms with Crippen molar-refractivity contribution in [3.63, 3.8) is 0 Å². The lowest BCUT2D eigenvalue weighted by molar-refractivity contribution is -0.148. The van der Waals surface area contributed by atoms with Gasteiger partial charge < -0.3 is 25.0 Å². The van der Waals surface area contributed by atoms with Crippen molar-refractivity contribution < 1.29 is 27.8 Å². The van der Waals surface area contributed by atoms with E-state index in [9.17, 15) is 18.4 Å². The fraction of sp³-hybridized carbons (Fsp3) is 0.481. The second kappa shape index (κ2) is 14.4. The number of nitrogens with zero attached hydrogens (tertiary/aromatic N) is 1. The third-order valence-corrected chi connectivity index (χ3v) is 5.06. The van der Waals surface area contributed by atoms with Crippen LogP contribution in [0.3, 0.4) is 0 Å². The van der Waals surface area contributed by atoms with E-state index in [-0.39, 0.29) is 12.3 Å². The molecule has 9 heteroatoms. The van der Waals surface area contributed by atoms with Crippen LogP contribution in [0.2, 0.25) is 0 Å². The highest BCUT2D eigenvalue weighted by Gasteiger charge is 2.17. The first-order valence-electron chi connectivity index (χ1n) is 12.2. The fourth-order valence-corrected chi connectivity index (χ4v) is 3.68. The second-order valence-corrected chi connectivity index (χ2v) is 9.36. The number of ether oxygens (including phenoxy) is 2. The van der Waals surface area contributed by atoms with Crippen LogP contribution in [-0.4, -0.2) is 44.9 Å². The van der Waals surface area contributed by atoms with E-state index < -0.39 is 23.6 Å². The molecule has 0 aliphatic carbocycles. The van der Waals surface area contributed by atoms with Crippen LogP contribution in [0, 0.1) is 23.5 Å². The number of anilines is 3. The molecule has 0 unspecified atom stereocenters. The molecule has 2 aromatic carbocycles. The Morgan fingerprint density at radius 1 is 0.944 bits per heavy atom. The van der Waals surface area contributed by atoms with Crippen LogP contribution < -0.4 is 15.5 Å². The van der Waals surface area contributed by atoms with Crippen molar-refractivity contribution in [2.75, 3.05) is 48.4 Å². The Labute approximate surface area is 212 Å². The zero-order valence-corrected chi connectivity index (χ0v) is 21.7. The zero-order valence-electron chi connectivity index (χ0n) is 21.7. The smallest absolute Gasteiger partial charge is 0.332 e. The van der Waals surface area contributed by atoms with Gasteiger partial charge in [0, 0.05) is 19.2 Å². The molecule has 2 amide bonds. The van der Waals surface area contributed by atoms with Crippen LogP contribution in [0.4, 0.5) is 30.6 Å². The van der Waals surface area contributed by atoms with E-state index in [1.165, 1.54) is 6.07 Å². The molecule has 2 aromatic rings. The minimum atomic E-state index is -0.862. The van der Waals surface area contributed by atoms with Gasteiger partial charge in [-0.1, -0.05) is 33.8 Å². The van der Waals surface area contributed by atoms with Gasteiger partial charge >= 0.3 is 12.0 Å². The van der Waals surface area contributed by atoms with Gasteiger partial charge in [0.2, 0.25) is 0 Å². The molecular formula is C27H37F2N3O4. The standard InChI is InChI=1S/C27H37F2N3O4/c1-6-36-26(33)17-35-12-11-20-7-10-25(32(15-18(2)3)16-19(4)5)24(13-20)31-27(34)30-23-9-8-21(28)14-22(23)29/h7-10,13-14,18-19H,6,11-12,15-17H2,1-5H3,(H2,30,31,34). The molecule has 7 nitrogen and oxygen atoms in total. The van der Waals surface area contributed by atoms with E-state index in [0.29, 0.717) is 43.2 Å². The maximum Gasteiger partial charge on any atom is 0.332 e. The Morgan fingerprint density at radius 3 is 2.22 bits per heavy atom. The summed E-state index contributed by atoms with van der Waals surface area (Å²) in [5, 5.41) is 5.27. The van der Waals surface area contributed by atoms with E-state index in [4.69, 9.17) is 9.47 Å². The summed E-state index contributed by atoms with van der Waals surface area (Å²) in [6.45, 7) is 12.3. The number of benzene rings is 2. The molecule has 0 atom stereocenters. The quantitative estimate of drug-likeness (QED) is 0.264. The first kappa shape index (κ1) is 29.0. The predicted molar refractivity (Wildman–Crippen MR) is 138 cm³/mol. The fourth-order valence-electron chi connectivity index (χ4n) is 3.68. The molecule has 0 saturated carbocycles. The Hall–Kier alpha value is -3.20. The molecule has 0 spiro atoms. The molecule has 2 N–H and O–H groups in total. The topological polar surface area (TPSA) is 79.9 Å². The van der Waals surface area contributed by atoms with Gasteiger partial charge in [0.1, 0.15) is 18.2 Å². The number of hydrogen-bond acceptors (Lipinski definition) is 5. The van der Waals surface area contributed by atoms with Gasteiger partial charge in [-0.2, -0.15) is 0 Å². The third kappa shape index (κ3) is 9.81. The van der Waals surface area contributed by atoms with Crippen molar-refractivity contribution in [2.45, 2.75) is 41.0 Å². The van der Waals surface area contributed by atoms with Crippen molar-refractivity contribution in [2.24, 2.45) is 11.8 Å². The van der Waals surface area contributed by atoms with Crippen molar-refractivity contribution in [3.05, 3.63) is 53.6 Å². The van der Waals surface area contributed by atoms with E-state index in [0.717, 1.165) is 30.4 Å². The maximum absolute atomic E-state index is 14.0. The van der Waals surface area contributed by atoms with Crippen molar-refractivity contribution in [3.8, 4) is 0 Å². The number of urea groups is 1. The SMILES string of the molecule is CCOC(=O)COCCc1ccc(N(CC(C)C)CC(C)C)c(NC(=O)Nc2ccc(F)cc2F)c1. The summed E-state index contributed by atoms with van der Waals surface area (Å²) in [7, 11) is 0. The monoisotopic (exact) mass is 505 g/mol. The van der Waals surface area contributed by atoms with E-state index in [1.807, 2.05) is 18.2 Å². The summed E-state index contributed by atoms with van der Waals surface area (Å²) >= 11 is 0. The number of esters is 1. The summed E-state index contributed by atoms with van der Waals surface area (Å²) in [5.41, 5.74) is 2.16. The summed E-state index contributed by atoms with van der Waals surface area (Å²) in [4.78, 5) is 26.4. The lowest BCUT2D eigenvalue weighted by Gasteiger charge is -2.30. The largest absolute Gasteiger partial charge is 0.464 e. The molecular weight excluding hydrogens is 468 g/mol. The lowest BCUT2D eigenvalue weighted by atomic mass is 10.1. The molecule has 0 aromatic heterocycles. The van der Waals surface area contributed by atoms with E-state index in [2.05, 4.69) is 43.2 Å². The summed E-state index contributed by atoms with van der Waals surface area (Å²) < 4.78 is 37.5. The number of halogens is 2. The highest BCUT2D eigenvalue weighted by atomic mass is 19.1. The van der Waals surface area contributed by atoms with Gasteiger partial charge in [-0.3, -0.25) is 0 Å². The molecule has 0 saturated heterocycles. The van der Waals surface area contributed by atoms with Gasteiger partial charge in [-0.25, -0.2) is 18.4 Å². The molecule has 0 aliphatic rings. The van der Waals surface area contributed by atoms with Crippen LogP contribution in [-0.2, 0) is 20.7 Å². The highest BCUT2D eigenvalue weighted by Crippen LogP contribution is 2.30. The molecule has 0 heterocycles. The Morgan fingerprint density at radius 2 is 1.61 bits per heavy atom. The minimum Gasteiger partial charge on any atom is -0.464 e. The average molecular weight is 506 g/mol. The predicted octanol–water partition coefficient (Wildman–Crippen LogP) is 5.85. The van der Waals surface area contributed by atoms with Crippen molar-refractivity contribution in [1.82, 2.24) is 0 Å². The van der Waals surface area contributed by atoms with E-state index >= 15 is 0 Å². The van der Waals surface area contributed by atoms with Gasteiger partial charge in [0.15, 0.2) is 0 Å². The number of amides is 2. The van der Waals surface area contributed by atoms with Gasteiger partial charge in [-0.15, -0.1) is 0 Å². The summed E-state index contributed by atoms with van der Waals surface area (Å²) in [6, 6.07) is 8.06. The Balaban J connectivity index is 2.24. The number of hydrogen-bond donors (Lipinski definition) is 2. The van der Waals surface area contributed by atoms with Gasteiger partial charge in [0.05, 0.1) is 30.3 Å². The molecule has 0 fully saturated rings. The molecule has 0 radical (unpaired) electrons. The normalized spacial score (nSPS) is 11.0. The molecule has 2 rings (SSSR count). The second-order valence-electron chi connectivity index (χ2n) is 9.36. The molecule has 0 aliphatic heterocycles. The van der Waals surface area contributed by atoms with Crippen molar-refractivity contribution in [1.29, 1.82) is 0 Å².